The van der Waals surface area contributed by atoms with Gasteiger partial charge in [0, 0.05) is 64.9 Å². The Balaban J connectivity index is 2.36. The van der Waals surface area contributed by atoms with Gasteiger partial charge >= 0.3 is 0 Å². The van der Waals surface area contributed by atoms with Crippen molar-refractivity contribution >= 4 is 40.7 Å². The molecule has 0 fully saturated rings. The zero-order valence-corrected chi connectivity index (χ0v) is 30.9. The summed E-state index contributed by atoms with van der Waals surface area (Å²) in [7, 11) is 10.2. The highest BCUT2D eigenvalue weighted by Crippen LogP contribution is 2.48. The fourth-order valence-electron chi connectivity index (χ4n) is 8.05. The lowest BCUT2D eigenvalue weighted by atomic mass is 10.1. The standard InChI is InChI=1S/C39H55N3Si/c1-23-24(2)32(10)39(31(23)9)43(36-20-17-33(40(11)12)25(3)28(36)6,37-21-18-34(41(13)14)26(4)29(37)7)38-22-19-35(42(15)16)27(5)30(38)8/h17-22,39H,1-16H3. The molecule has 1 aliphatic carbocycles. The zero-order valence-electron chi connectivity index (χ0n) is 29.9. The van der Waals surface area contributed by atoms with Crippen LogP contribution in [0.15, 0.2) is 58.7 Å². The van der Waals surface area contributed by atoms with Crippen molar-refractivity contribution in [3.05, 3.63) is 92.1 Å². The van der Waals surface area contributed by atoms with Gasteiger partial charge in [-0.25, -0.2) is 0 Å². The Kier molecular flexibility index (Phi) is 8.88. The molecule has 4 heteroatoms. The summed E-state index contributed by atoms with van der Waals surface area (Å²) >= 11 is 0. The first-order valence-electron chi connectivity index (χ1n) is 15.7. The maximum absolute atomic E-state index is 2.77. The third kappa shape index (κ3) is 4.86. The number of anilines is 3. The molecule has 1 aliphatic rings. The van der Waals surface area contributed by atoms with Crippen molar-refractivity contribution in [2.45, 2.75) is 74.8 Å². The molecule has 0 heterocycles. The molecule has 0 N–H and O–H groups in total. The lowest BCUT2D eigenvalue weighted by Crippen LogP contribution is -2.72. The van der Waals surface area contributed by atoms with Crippen molar-refractivity contribution in [2.75, 3.05) is 57.0 Å². The molecule has 3 aromatic carbocycles. The maximum atomic E-state index is 2.51. The molecule has 4 rings (SSSR count). The van der Waals surface area contributed by atoms with E-state index in [1.54, 1.807) is 15.6 Å². The lowest BCUT2D eigenvalue weighted by Gasteiger charge is -2.45. The highest BCUT2D eigenvalue weighted by atomic mass is 28.3. The summed E-state index contributed by atoms with van der Waals surface area (Å²) in [5, 5.41) is 4.63. The van der Waals surface area contributed by atoms with Crippen LogP contribution in [0.25, 0.3) is 0 Å². The number of nitrogens with zero attached hydrogens (tertiary/aromatic N) is 3. The molecular weight excluding hydrogens is 539 g/mol. The van der Waals surface area contributed by atoms with E-state index in [1.807, 2.05) is 0 Å². The van der Waals surface area contributed by atoms with Crippen molar-refractivity contribution in [3.8, 4) is 0 Å². The second-order valence-corrected chi connectivity index (χ2v) is 17.5. The predicted molar refractivity (Wildman–Crippen MR) is 196 cm³/mol. The van der Waals surface area contributed by atoms with E-state index in [9.17, 15) is 0 Å². The van der Waals surface area contributed by atoms with Crippen molar-refractivity contribution in [1.29, 1.82) is 0 Å². The van der Waals surface area contributed by atoms with E-state index in [0.717, 1.165) is 0 Å². The fourth-order valence-corrected chi connectivity index (χ4v) is 15.0. The lowest BCUT2D eigenvalue weighted by molar-refractivity contribution is 1.07. The third-order valence-electron chi connectivity index (χ3n) is 11.0. The monoisotopic (exact) mass is 593 g/mol. The molecule has 0 spiro atoms. The van der Waals surface area contributed by atoms with Gasteiger partial charge in [-0.1, -0.05) is 29.3 Å². The fraction of sp³-hybridized carbons (Fsp3) is 0.436. The summed E-state index contributed by atoms with van der Waals surface area (Å²) in [6, 6.07) is 14.7. The average molecular weight is 594 g/mol. The Morgan fingerprint density at radius 3 is 0.884 bits per heavy atom. The van der Waals surface area contributed by atoms with Gasteiger partial charge in [0.15, 0.2) is 8.07 Å². The number of benzene rings is 3. The number of allylic oxidation sites excluding steroid dienone is 4. The second kappa shape index (κ2) is 11.7. The van der Waals surface area contributed by atoms with E-state index in [2.05, 4.69) is 163 Å². The van der Waals surface area contributed by atoms with E-state index in [4.69, 9.17) is 0 Å². The summed E-state index contributed by atoms with van der Waals surface area (Å²) in [5.74, 6) is 0. The smallest absolute Gasteiger partial charge is 0.160 e. The van der Waals surface area contributed by atoms with Crippen molar-refractivity contribution < 1.29 is 0 Å². The van der Waals surface area contributed by atoms with Crippen molar-refractivity contribution in [3.63, 3.8) is 0 Å². The first-order valence-corrected chi connectivity index (χ1v) is 17.8. The van der Waals surface area contributed by atoms with Gasteiger partial charge in [0.25, 0.3) is 0 Å². The van der Waals surface area contributed by atoms with Gasteiger partial charge in [-0.15, -0.1) is 0 Å². The number of rotatable bonds is 7. The first kappa shape index (κ1) is 32.7. The van der Waals surface area contributed by atoms with Gasteiger partial charge in [0.1, 0.15) is 0 Å². The molecule has 0 saturated heterocycles. The molecule has 0 unspecified atom stereocenters. The molecule has 0 aromatic heterocycles. The Hall–Kier alpha value is -3.24. The summed E-state index contributed by atoms with van der Waals surface area (Å²) in [4.78, 5) is 6.79. The molecule has 0 aliphatic heterocycles. The van der Waals surface area contributed by atoms with Gasteiger partial charge in [-0.05, 0) is 148 Å². The van der Waals surface area contributed by atoms with E-state index < -0.39 is 8.07 Å². The molecular formula is C39H55N3Si. The summed E-state index contributed by atoms with van der Waals surface area (Å²) in [6.45, 7) is 23.7. The molecule has 43 heavy (non-hydrogen) atoms. The van der Waals surface area contributed by atoms with Gasteiger partial charge in [0.05, 0.1) is 0 Å². The van der Waals surface area contributed by atoms with E-state index in [-0.39, 0.29) is 0 Å². The van der Waals surface area contributed by atoms with Crippen LogP contribution in [-0.2, 0) is 0 Å². The van der Waals surface area contributed by atoms with Crippen molar-refractivity contribution in [2.24, 2.45) is 0 Å². The third-order valence-corrected chi connectivity index (χ3v) is 16.9. The SMILES string of the molecule is CC1=C(C)C([Si](c2ccc(N(C)C)c(C)c2C)(c2ccc(N(C)C)c(C)c2C)c2ccc(N(C)C)c(C)c2C)C(C)=C1C. The molecule has 0 amide bonds. The van der Waals surface area contributed by atoms with Crippen LogP contribution in [0.3, 0.4) is 0 Å². The van der Waals surface area contributed by atoms with Gasteiger partial charge in [-0.3, -0.25) is 0 Å². The molecule has 0 atom stereocenters. The minimum Gasteiger partial charge on any atom is -0.377 e. The van der Waals surface area contributed by atoms with Gasteiger partial charge in [-0.2, -0.15) is 0 Å². The Labute approximate surface area is 263 Å². The van der Waals surface area contributed by atoms with Crippen LogP contribution in [-0.4, -0.2) is 50.4 Å². The van der Waals surface area contributed by atoms with Crippen LogP contribution in [0.1, 0.15) is 61.1 Å². The molecule has 0 radical (unpaired) electrons. The van der Waals surface area contributed by atoms with Crippen LogP contribution in [0, 0.1) is 41.5 Å². The largest absolute Gasteiger partial charge is 0.377 e. The van der Waals surface area contributed by atoms with E-state index >= 15 is 0 Å². The van der Waals surface area contributed by atoms with Crippen LogP contribution >= 0.6 is 0 Å². The van der Waals surface area contributed by atoms with Gasteiger partial charge < -0.3 is 14.7 Å². The summed E-state index contributed by atoms with van der Waals surface area (Å²) in [6.07, 6.45) is 0. The topological polar surface area (TPSA) is 9.72 Å². The molecule has 0 bridgehead atoms. The van der Waals surface area contributed by atoms with Crippen LogP contribution in [0.2, 0.25) is 5.54 Å². The summed E-state index contributed by atoms with van der Waals surface area (Å²) in [5.41, 5.74) is 18.7. The molecule has 0 saturated carbocycles. The number of hydrogen-bond acceptors (Lipinski definition) is 3. The van der Waals surface area contributed by atoms with Crippen LogP contribution < -0.4 is 30.3 Å². The summed E-state index contributed by atoms with van der Waals surface area (Å²) < 4.78 is 0. The van der Waals surface area contributed by atoms with Crippen LogP contribution in [0.4, 0.5) is 17.1 Å². The van der Waals surface area contributed by atoms with Crippen LogP contribution in [0.5, 0.6) is 0 Å². The highest BCUT2D eigenvalue weighted by Gasteiger charge is 2.52. The minimum absolute atomic E-state index is 0.336. The zero-order chi connectivity index (χ0) is 32.3. The van der Waals surface area contributed by atoms with E-state index in [1.165, 1.54) is 72.7 Å². The van der Waals surface area contributed by atoms with Gasteiger partial charge in [0.2, 0.25) is 0 Å². The predicted octanol–water partition coefficient (Wildman–Crippen LogP) is 7.26. The normalized spacial score (nSPS) is 14.2. The minimum atomic E-state index is -2.77. The maximum Gasteiger partial charge on any atom is 0.160 e. The molecule has 230 valence electrons. The van der Waals surface area contributed by atoms with Crippen molar-refractivity contribution in [1.82, 2.24) is 0 Å². The Morgan fingerprint density at radius 1 is 0.395 bits per heavy atom. The van der Waals surface area contributed by atoms with E-state index in [0.29, 0.717) is 5.54 Å². The number of hydrogen-bond donors (Lipinski definition) is 0. The highest BCUT2D eigenvalue weighted by molar-refractivity contribution is 7.13. The first-order chi connectivity index (χ1) is 20.0. The average Bonchev–Trinajstić information content (AvgIpc) is 3.13. The quantitative estimate of drug-likeness (QED) is 0.211. The molecule has 3 aromatic rings. The second-order valence-electron chi connectivity index (χ2n) is 13.7. The molecule has 3 nitrogen and oxygen atoms in total. The Morgan fingerprint density at radius 2 is 0.651 bits per heavy atom. The Bertz CT molecular complexity index is 1470.